The maximum Gasteiger partial charge on any atom is 0.252 e. The number of hydrogen-bond donors (Lipinski definition) is 2. The van der Waals surface area contributed by atoms with E-state index < -0.39 is 0 Å². The van der Waals surface area contributed by atoms with E-state index in [-0.39, 0.29) is 5.91 Å². The van der Waals surface area contributed by atoms with Gasteiger partial charge in [0.15, 0.2) is 0 Å². The first-order valence-corrected chi connectivity index (χ1v) is 12.4. The first-order valence-electron chi connectivity index (χ1n) is 11.6. The van der Waals surface area contributed by atoms with Gasteiger partial charge < -0.3 is 10.2 Å². The number of aromatic amines is 1. The van der Waals surface area contributed by atoms with Crippen molar-refractivity contribution in [2.75, 3.05) is 26.7 Å². The molecule has 0 unspecified atom stereocenters. The standard InChI is InChI=1S/C26H28N6OS/c1-27-26(33)22-6-2-3-7-25(22)34-20-9-10-21-23(29-30-24(21)16-20)11-8-19-17-28-32(18-19)15-14-31-12-4-5-13-31/h2-3,6-11,16-18H,4-5,12-15H2,1H3,(H,27,33)(H,29,30)/b11-8+. The monoisotopic (exact) mass is 472 g/mol. The average molecular weight is 473 g/mol. The molecule has 0 spiro atoms. The molecule has 3 heterocycles. The molecule has 4 aromatic rings. The number of carbonyl (C=O) groups excluding carboxylic acids is 1. The van der Waals surface area contributed by atoms with E-state index >= 15 is 0 Å². The molecule has 0 atom stereocenters. The molecule has 174 valence electrons. The summed E-state index contributed by atoms with van der Waals surface area (Å²) in [6.07, 6.45) is 10.7. The van der Waals surface area contributed by atoms with Gasteiger partial charge in [0.25, 0.3) is 5.91 Å². The molecule has 0 aliphatic carbocycles. The fraction of sp³-hybridized carbons (Fsp3) is 0.269. The quantitative estimate of drug-likeness (QED) is 0.394. The maximum absolute atomic E-state index is 12.2. The van der Waals surface area contributed by atoms with Crippen LogP contribution < -0.4 is 5.32 Å². The van der Waals surface area contributed by atoms with Crippen LogP contribution >= 0.6 is 11.8 Å². The Labute approximate surface area is 203 Å². The molecule has 0 radical (unpaired) electrons. The van der Waals surface area contributed by atoms with Crippen molar-refractivity contribution in [2.24, 2.45) is 0 Å². The lowest BCUT2D eigenvalue weighted by Crippen LogP contribution is -2.24. The number of nitrogens with one attached hydrogen (secondary N) is 2. The van der Waals surface area contributed by atoms with Crippen LogP contribution in [-0.4, -0.2) is 57.5 Å². The minimum atomic E-state index is -0.0856. The van der Waals surface area contributed by atoms with Crippen molar-refractivity contribution in [1.82, 2.24) is 30.2 Å². The largest absolute Gasteiger partial charge is 0.355 e. The van der Waals surface area contributed by atoms with Crippen LogP contribution in [0.4, 0.5) is 0 Å². The number of fused-ring (bicyclic) bond motifs is 1. The molecule has 0 bridgehead atoms. The molecule has 1 fully saturated rings. The molecule has 8 heteroatoms. The smallest absolute Gasteiger partial charge is 0.252 e. The fourth-order valence-corrected chi connectivity index (χ4v) is 5.21. The Kier molecular flexibility index (Phi) is 6.78. The molecule has 2 aromatic carbocycles. The Hall–Kier alpha value is -3.36. The highest BCUT2D eigenvalue weighted by Gasteiger charge is 2.12. The normalized spacial score (nSPS) is 14.4. The van der Waals surface area contributed by atoms with Gasteiger partial charge in [-0.3, -0.25) is 14.6 Å². The van der Waals surface area contributed by atoms with Gasteiger partial charge in [0.1, 0.15) is 0 Å². The first kappa shape index (κ1) is 22.4. The van der Waals surface area contributed by atoms with Gasteiger partial charge in [0, 0.05) is 40.5 Å². The summed E-state index contributed by atoms with van der Waals surface area (Å²) in [4.78, 5) is 16.6. The number of hydrogen-bond acceptors (Lipinski definition) is 5. The first-order chi connectivity index (χ1) is 16.7. The van der Waals surface area contributed by atoms with Gasteiger partial charge in [0.2, 0.25) is 0 Å². The lowest BCUT2D eigenvalue weighted by Gasteiger charge is -2.13. The fourth-order valence-electron chi connectivity index (χ4n) is 4.23. The number of rotatable bonds is 8. The highest BCUT2D eigenvalue weighted by atomic mass is 32.2. The Morgan fingerprint density at radius 1 is 1.15 bits per heavy atom. The number of carbonyl (C=O) groups is 1. The minimum Gasteiger partial charge on any atom is -0.355 e. The number of benzene rings is 2. The lowest BCUT2D eigenvalue weighted by molar-refractivity contribution is 0.0960. The van der Waals surface area contributed by atoms with Crippen LogP contribution in [0.3, 0.4) is 0 Å². The third-order valence-corrected chi connectivity index (χ3v) is 7.15. The molecule has 34 heavy (non-hydrogen) atoms. The Morgan fingerprint density at radius 2 is 2.00 bits per heavy atom. The zero-order valence-corrected chi connectivity index (χ0v) is 20.0. The van der Waals surface area contributed by atoms with Crippen LogP contribution in [0.1, 0.15) is 34.5 Å². The Morgan fingerprint density at radius 3 is 2.85 bits per heavy atom. The van der Waals surface area contributed by atoms with Crippen LogP contribution in [0.25, 0.3) is 23.1 Å². The second-order valence-corrected chi connectivity index (χ2v) is 9.53. The molecule has 1 aliphatic rings. The predicted octanol–water partition coefficient (Wildman–Crippen LogP) is 4.54. The van der Waals surface area contributed by atoms with E-state index in [4.69, 9.17) is 0 Å². The van der Waals surface area contributed by atoms with Gasteiger partial charge in [-0.25, -0.2) is 0 Å². The van der Waals surface area contributed by atoms with Crippen LogP contribution in [0.5, 0.6) is 0 Å². The number of aromatic nitrogens is 4. The second kappa shape index (κ2) is 10.3. The van der Waals surface area contributed by atoms with Crippen LogP contribution in [0, 0.1) is 0 Å². The zero-order valence-electron chi connectivity index (χ0n) is 19.2. The van der Waals surface area contributed by atoms with Crippen LogP contribution in [-0.2, 0) is 6.54 Å². The van der Waals surface area contributed by atoms with E-state index in [1.165, 1.54) is 25.9 Å². The SMILES string of the molecule is CNC(=O)c1ccccc1Sc1ccc2c(/C=C/c3cnn(CCN4CCCC4)c3)n[nH]c2c1. The number of H-pyrrole nitrogens is 1. The lowest BCUT2D eigenvalue weighted by atomic mass is 10.2. The van der Waals surface area contributed by atoms with Crippen LogP contribution in [0.2, 0.25) is 0 Å². The van der Waals surface area contributed by atoms with E-state index in [9.17, 15) is 4.79 Å². The average Bonchev–Trinajstić information content (AvgIpc) is 3.62. The summed E-state index contributed by atoms with van der Waals surface area (Å²) >= 11 is 1.57. The molecule has 2 aromatic heterocycles. The highest BCUT2D eigenvalue weighted by molar-refractivity contribution is 7.99. The molecular formula is C26H28N6OS. The molecule has 1 aliphatic heterocycles. The van der Waals surface area contributed by atoms with E-state index in [0.717, 1.165) is 45.0 Å². The molecule has 0 saturated carbocycles. The predicted molar refractivity (Wildman–Crippen MR) is 137 cm³/mol. The van der Waals surface area contributed by atoms with E-state index in [1.54, 1.807) is 18.8 Å². The molecule has 1 amide bonds. The summed E-state index contributed by atoms with van der Waals surface area (Å²) < 4.78 is 2.01. The molecule has 5 rings (SSSR count). The number of likely N-dealkylation sites (tertiary alicyclic amines) is 1. The number of nitrogens with zero attached hydrogens (tertiary/aromatic N) is 4. The van der Waals surface area contributed by atoms with Gasteiger partial charge in [-0.2, -0.15) is 10.2 Å². The van der Waals surface area contributed by atoms with Gasteiger partial charge in [-0.1, -0.05) is 23.9 Å². The minimum absolute atomic E-state index is 0.0856. The summed E-state index contributed by atoms with van der Waals surface area (Å²) in [6, 6.07) is 13.8. The summed E-state index contributed by atoms with van der Waals surface area (Å²) in [6.45, 7) is 4.40. The summed E-state index contributed by atoms with van der Waals surface area (Å²) in [5.74, 6) is -0.0856. The van der Waals surface area contributed by atoms with Crippen molar-refractivity contribution in [3.05, 3.63) is 71.7 Å². The van der Waals surface area contributed by atoms with Crippen molar-refractivity contribution >= 4 is 40.7 Å². The third-order valence-electron chi connectivity index (χ3n) is 6.08. The van der Waals surface area contributed by atoms with Crippen molar-refractivity contribution < 1.29 is 4.79 Å². The van der Waals surface area contributed by atoms with Gasteiger partial charge in [-0.05, 0) is 68.4 Å². The third kappa shape index (κ3) is 5.08. The van der Waals surface area contributed by atoms with E-state index in [1.807, 2.05) is 41.2 Å². The molecular weight excluding hydrogens is 444 g/mol. The summed E-state index contributed by atoms with van der Waals surface area (Å²) in [7, 11) is 1.65. The van der Waals surface area contributed by atoms with Crippen molar-refractivity contribution in [2.45, 2.75) is 29.2 Å². The van der Waals surface area contributed by atoms with Gasteiger partial charge in [0.05, 0.1) is 29.5 Å². The van der Waals surface area contributed by atoms with Crippen LogP contribution in [0.15, 0.2) is 64.6 Å². The van der Waals surface area contributed by atoms with Crippen molar-refractivity contribution in [1.29, 1.82) is 0 Å². The van der Waals surface area contributed by atoms with Gasteiger partial charge in [-0.15, -0.1) is 0 Å². The zero-order chi connectivity index (χ0) is 23.3. The van der Waals surface area contributed by atoms with Crippen molar-refractivity contribution in [3.8, 4) is 0 Å². The Balaban J connectivity index is 1.27. The molecule has 1 saturated heterocycles. The van der Waals surface area contributed by atoms with Crippen molar-refractivity contribution in [3.63, 3.8) is 0 Å². The van der Waals surface area contributed by atoms with E-state index in [0.29, 0.717) is 5.56 Å². The summed E-state index contributed by atoms with van der Waals surface area (Å²) in [5, 5.41) is 15.9. The topological polar surface area (TPSA) is 78.8 Å². The second-order valence-electron chi connectivity index (χ2n) is 8.41. The highest BCUT2D eigenvalue weighted by Crippen LogP contribution is 2.32. The molecule has 7 nitrogen and oxygen atoms in total. The van der Waals surface area contributed by atoms with E-state index in [2.05, 4.69) is 56.0 Å². The molecule has 2 N–H and O–H groups in total. The van der Waals surface area contributed by atoms with Gasteiger partial charge >= 0.3 is 0 Å². The number of amides is 1. The maximum atomic E-state index is 12.2. The summed E-state index contributed by atoms with van der Waals surface area (Å²) in [5.41, 5.74) is 3.59. The Bertz CT molecular complexity index is 1320.